The Labute approximate surface area is 81.1 Å². The standard InChI is InChI=1S/C9H10N4O/c1-7(14)9-3-2-8(4-11-9)13-6-10-5-12-13/h2-7,14H,1H3/t7-/m0/s1. The van der Waals surface area contributed by atoms with Gasteiger partial charge in [0.2, 0.25) is 0 Å². The van der Waals surface area contributed by atoms with Crippen molar-refractivity contribution in [1.82, 2.24) is 19.7 Å². The molecule has 0 saturated carbocycles. The first kappa shape index (κ1) is 8.83. The Balaban J connectivity index is 2.31. The maximum atomic E-state index is 9.25. The molecule has 0 aliphatic heterocycles. The summed E-state index contributed by atoms with van der Waals surface area (Å²) in [5.41, 5.74) is 1.47. The molecule has 14 heavy (non-hydrogen) atoms. The lowest BCUT2D eigenvalue weighted by Gasteiger charge is -2.04. The zero-order chi connectivity index (χ0) is 9.97. The highest BCUT2D eigenvalue weighted by molar-refractivity contribution is 5.28. The van der Waals surface area contributed by atoms with Crippen molar-refractivity contribution >= 4 is 0 Å². The van der Waals surface area contributed by atoms with E-state index in [1.54, 1.807) is 30.2 Å². The second-order valence-electron chi connectivity index (χ2n) is 2.96. The SMILES string of the molecule is C[C@H](O)c1ccc(-n2cncn2)cn1. The Morgan fingerprint density at radius 3 is 2.79 bits per heavy atom. The van der Waals surface area contributed by atoms with E-state index >= 15 is 0 Å². The van der Waals surface area contributed by atoms with Crippen molar-refractivity contribution in [3.8, 4) is 5.69 Å². The van der Waals surface area contributed by atoms with Crippen LogP contribution >= 0.6 is 0 Å². The highest BCUT2D eigenvalue weighted by atomic mass is 16.3. The van der Waals surface area contributed by atoms with Crippen LogP contribution in [0.4, 0.5) is 0 Å². The van der Waals surface area contributed by atoms with Crippen LogP contribution in [0.25, 0.3) is 5.69 Å². The van der Waals surface area contributed by atoms with Gasteiger partial charge in [-0.15, -0.1) is 0 Å². The molecular formula is C9H10N4O. The minimum atomic E-state index is -0.542. The Morgan fingerprint density at radius 1 is 1.43 bits per heavy atom. The summed E-state index contributed by atoms with van der Waals surface area (Å²) in [6.07, 6.45) is 4.16. The molecule has 0 aliphatic carbocycles. The number of rotatable bonds is 2. The van der Waals surface area contributed by atoms with Gasteiger partial charge in [-0.3, -0.25) is 4.98 Å². The van der Waals surface area contributed by atoms with E-state index < -0.39 is 6.10 Å². The third-order valence-electron chi connectivity index (χ3n) is 1.88. The number of hydrogen-bond donors (Lipinski definition) is 1. The molecule has 2 aromatic heterocycles. The lowest BCUT2D eigenvalue weighted by molar-refractivity contribution is 0.194. The summed E-state index contributed by atoms with van der Waals surface area (Å²) in [4.78, 5) is 7.93. The third-order valence-corrected chi connectivity index (χ3v) is 1.88. The molecule has 0 spiro atoms. The summed E-state index contributed by atoms with van der Waals surface area (Å²) in [7, 11) is 0. The molecule has 0 amide bonds. The molecule has 0 unspecified atom stereocenters. The Hall–Kier alpha value is -1.75. The lowest BCUT2D eigenvalue weighted by atomic mass is 10.2. The molecule has 0 fully saturated rings. The van der Waals surface area contributed by atoms with Gasteiger partial charge < -0.3 is 5.11 Å². The molecular weight excluding hydrogens is 180 g/mol. The Bertz CT molecular complexity index is 393. The number of pyridine rings is 1. The van der Waals surface area contributed by atoms with E-state index in [0.29, 0.717) is 5.69 Å². The normalized spacial score (nSPS) is 12.7. The van der Waals surface area contributed by atoms with Gasteiger partial charge in [-0.25, -0.2) is 9.67 Å². The summed E-state index contributed by atoms with van der Waals surface area (Å²) in [5, 5.41) is 13.2. The van der Waals surface area contributed by atoms with E-state index in [2.05, 4.69) is 15.1 Å². The minimum Gasteiger partial charge on any atom is -0.387 e. The van der Waals surface area contributed by atoms with E-state index in [1.165, 1.54) is 6.33 Å². The lowest BCUT2D eigenvalue weighted by Crippen LogP contribution is -1.99. The molecule has 0 aliphatic rings. The number of hydrogen-bond acceptors (Lipinski definition) is 4. The van der Waals surface area contributed by atoms with Gasteiger partial charge in [-0.05, 0) is 19.1 Å². The molecule has 1 N–H and O–H groups in total. The molecule has 0 aromatic carbocycles. The van der Waals surface area contributed by atoms with Gasteiger partial charge in [0, 0.05) is 0 Å². The number of aliphatic hydroxyl groups excluding tert-OH is 1. The summed E-state index contributed by atoms with van der Waals surface area (Å²) in [6, 6.07) is 3.60. The van der Waals surface area contributed by atoms with Gasteiger partial charge >= 0.3 is 0 Å². The molecule has 72 valence electrons. The van der Waals surface area contributed by atoms with Crippen molar-refractivity contribution in [2.75, 3.05) is 0 Å². The first-order valence-electron chi connectivity index (χ1n) is 4.26. The molecule has 2 heterocycles. The van der Waals surface area contributed by atoms with Crippen molar-refractivity contribution in [3.05, 3.63) is 36.7 Å². The average molecular weight is 190 g/mol. The van der Waals surface area contributed by atoms with Gasteiger partial charge in [-0.2, -0.15) is 5.10 Å². The van der Waals surface area contributed by atoms with Crippen molar-refractivity contribution in [3.63, 3.8) is 0 Å². The van der Waals surface area contributed by atoms with Crippen LogP contribution in [0.5, 0.6) is 0 Å². The largest absolute Gasteiger partial charge is 0.387 e. The second kappa shape index (κ2) is 3.55. The topological polar surface area (TPSA) is 63.8 Å². The summed E-state index contributed by atoms with van der Waals surface area (Å²) in [6.45, 7) is 1.68. The Kier molecular flexibility index (Phi) is 2.24. The van der Waals surface area contributed by atoms with Crippen LogP contribution in [-0.4, -0.2) is 24.9 Å². The fourth-order valence-corrected chi connectivity index (χ4v) is 1.12. The fourth-order valence-electron chi connectivity index (χ4n) is 1.12. The van der Waals surface area contributed by atoms with E-state index in [1.807, 2.05) is 6.07 Å². The monoisotopic (exact) mass is 190 g/mol. The predicted molar refractivity (Wildman–Crippen MR) is 49.8 cm³/mol. The van der Waals surface area contributed by atoms with E-state index in [9.17, 15) is 5.11 Å². The van der Waals surface area contributed by atoms with Gasteiger partial charge in [0.1, 0.15) is 12.7 Å². The summed E-state index contributed by atoms with van der Waals surface area (Å²) >= 11 is 0. The quantitative estimate of drug-likeness (QED) is 0.757. The van der Waals surface area contributed by atoms with Crippen LogP contribution in [0.3, 0.4) is 0 Å². The van der Waals surface area contributed by atoms with E-state index in [4.69, 9.17) is 0 Å². The van der Waals surface area contributed by atoms with Crippen LogP contribution in [0.15, 0.2) is 31.0 Å². The molecule has 5 heteroatoms. The molecule has 2 rings (SSSR count). The fraction of sp³-hybridized carbons (Fsp3) is 0.222. The third kappa shape index (κ3) is 1.62. The number of aromatic nitrogens is 4. The van der Waals surface area contributed by atoms with Crippen molar-refractivity contribution in [2.24, 2.45) is 0 Å². The number of aliphatic hydroxyl groups is 1. The van der Waals surface area contributed by atoms with E-state index in [0.717, 1.165) is 5.69 Å². The van der Waals surface area contributed by atoms with Crippen molar-refractivity contribution < 1.29 is 5.11 Å². The van der Waals surface area contributed by atoms with E-state index in [-0.39, 0.29) is 0 Å². The highest BCUT2D eigenvalue weighted by Gasteiger charge is 2.02. The van der Waals surface area contributed by atoms with Crippen LogP contribution in [0.1, 0.15) is 18.7 Å². The second-order valence-corrected chi connectivity index (χ2v) is 2.96. The summed E-state index contributed by atoms with van der Waals surface area (Å²) in [5.74, 6) is 0. The first-order chi connectivity index (χ1) is 6.77. The zero-order valence-electron chi connectivity index (χ0n) is 7.70. The van der Waals surface area contributed by atoms with Crippen molar-refractivity contribution in [1.29, 1.82) is 0 Å². The molecule has 2 aromatic rings. The minimum absolute atomic E-state index is 0.542. The zero-order valence-corrected chi connectivity index (χ0v) is 7.70. The molecule has 0 radical (unpaired) electrons. The highest BCUT2D eigenvalue weighted by Crippen LogP contribution is 2.10. The van der Waals surface area contributed by atoms with Gasteiger partial charge in [-0.1, -0.05) is 0 Å². The van der Waals surface area contributed by atoms with Crippen LogP contribution < -0.4 is 0 Å². The van der Waals surface area contributed by atoms with Crippen LogP contribution in [-0.2, 0) is 0 Å². The number of nitrogens with zero attached hydrogens (tertiary/aromatic N) is 4. The first-order valence-corrected chi connectivity index (χ1v) is 4.26. The maximum Gasteiger partial charge on any atom is 0.138 e. The summed E-state index contributed by atoms with van der Waals surface area (Å²) < 4.78 is 1.61. The van der Waals surface area contributed by atoms with Crippen LogP contribution in [0, 0.1) is 0 Å². The van der Waals surface area contributed by atoms with Gasteiger partial charge in [0.15, 0.2) is 0 Å². The average Bonchev–Trinajstić information content (AvgIpc) is 2.71. The molecule has 1 atom stereocenters. The molecule has 5 nitrogen and oxygen atoms in total. The molecule has 0 bridgehead atoms. The Morgan fingerprint density at radius 2 is 2.29 bits per heavy atom. The predicted octanol–water partition coefficient (Wildman–Crippen LogP) is 0.716. The van der Waals surface area contributed by atoms with Gasteiger partial charge in [0.25, 0.3) is 0 Å². The maximum absolute atomic E-state index is 9.25. The van der Waals surface area contributed by atoms with Crippen molar-refractivity contribution in [2.45, 2.75) is 13.0 Å². The molecule has 0 saturated heterocycles. The van der Waals surface area contributed by atoms with Crippen LogP contribution in [0.2, 0.25) is 0 Å². The smallest absolute Gasteiger partial charge is 0.138 e. The van der Waals surface area contributed by atoms with Gasteiger partial charge in [0.05, 0.1) is 23.7 Å².